The Morgan fingerprint density at radius 1 is 0.906 bits per heavy atom. The first-order valence-corrected chi connectivity index (χ1v) is 9.59. The Balaban J connectivity index is 1.30. The van der Waals surface area contributed by atoms with E-state index in [9.17, 15) is 14.9 Å². The van der Waals surface area contributed by atoms with Crippen molar-refractivity contribution in [1.82, 2.24) is 10.2 Å². The van der Waals surface area contributed by atoms with Gasteiger partial charge in [-0.15, -0.1) is 10.2 Å². The molecule has 4 aromatic rings. The number of ether oxygens (including phenoxy) is 2. The zero-order chi connectivity index (χ0) is 22.3. The smallest absolute Gasteiger partial charge is 0.338 e. The summed E-state index contributed by atoms with van der Waals surface area (Å²) in [7, 11) is 0. The number of hydrogen-bond acceptors (Lipinski definition) is 8. The lowest BCUT2D eigenvalue weighted by Gasteiger charge is -2.07. The number of nitro groups is 1. The molecule has 3 aromatic carbocycles. The predicted molar refractivity (Wildman–Crippen MR) is 113 cm³/mol. The monoisotopic (exact) mass is 431 g/mol. The number of esters is 1. The zero-order valence-corrected chi connectivity index (χ0v) is 16.7. The first-order chi connectivity index (χ1) is 15.6. The molecule has 0 saturated heterocycles. The first-order valence-electron chi connectivity index (χ1n) is 9.59. The maximum absolute atomic E-state index is 12.3. The van der Waals surface area contributed by atoms with E-state index >= 15 is 0 Å². The minimum atomic E-state index is -0.547. The lowest BCUT2D eigenvalue weighted by Crippen LogP contribution is -2.05. The molecule has 0 fully saturated rings. The molecule has 1 aromatic heterocycles. The van der Waals surface area contributed by atoms with Gasteiger partial charge in [0.25, 0.3) is 11.6 Å². The highest BCUT2D eigenvalue weighted by Gasteiger charge is 2.14. The Morgan fingerprint density at radius 2 is 1.62 bits per heavy atom. The number of nitrogens with zero attached hydrogens (tertiary/aromatic N) is 3. The molecule has 0 aliphatic rings. The summed E-state index contributed by atoms with van der Waals surface area (Å²) in [5, 5.41) is 18.4. The molecule has 9 heteroatoms. The molecule has 0 aliphatic carbocycles. The highest BCUT2D eigenvalue weighted by atomic mass is 16.6. The molecule has 0 N–H and O–H groups in total. The number of non-ortho nitro benzene ring substituents is 1. The maximum atomic E-state index is 12.3. The van der Waals surface area contributed by atoms with E-state index in [0.29, 0.717) is 23.5 Å². The summed E-state index contributed by atoms with van der Waals surface area (Å²) in [4.78, 5) is 22.5. The molecule has 0 atom stereocenters. The molecule has 0 amide bonds. The maximum Gasteiger partial charge on any atom is 0.338 e. The minimum absolute atomic E-state index is 0.0427. The van der Waals surface area contributed by atoms with Gasteiger partial charge in [0.1, 0.15) is 12.4 Å². The van der Waals surface area contributed by atoms with Gasteiger partial charge < -0.3 is 13.9 Å². The number of aromatic nitrogens is 2. The van der Waals surface area contributed by atoms with Gasteiger partial charge in [-0.3, -0.25) is 10.1 Å². The van der Waals surface area contributed by atoms with E-state index in [-0.39, 0.29) is 24.1 Å². The van der Waals surface area contributed by atoms with Gasteiger partial charge in [0.15, 0.2) is 6.61 Å². The zero-order valence-electron chi connectivity index (χ0n) is 16.7. The molecular formula is C23H17N3O6. The van der Waals surface area contributed by atoms with Crippen molar-refractivity contribution in [3.8, 4) is 17.2 Å². The molecule has 160 valence electrons. The van der Waals surface area contributed by atoms with Crippen LogP contribution in [-0.4, -0.2) is 21.1 Å². The standard InChI is InChI=1S/C23H17N3O6/c27-23(18-8-12-20(13-9-18)30-14-16-4-2-1-3-5-16)31-15-21-24-25-22(32-21)17-6-10-19(11-7-17)26(28)29/h1-13H,14-15H2. The van der Waals surface area contributed by atoms with E-state index in [1.54, 1.807) is 24.3 Å². The summed E-state index contributed by atoms with van der Waals surface area (Å²) in [6.45, 7) is 0.226. The van der Waals surface area contributed by atoms with Gasteiger partial charge >= 0.3 is 5.97 Å². The lowest BCUT2D eigenvalue weighted by atomic mass is 10.2. The summed E-state index contributed by atoms with van der Waals surface area (Å²) < 4.78 is 16.4. The number of nitro benzene ring substituents is 1. The van der Waals surface area contributed by atoms with Gasteiger partial charge in [0, 0.05) is 17.7 Å². The second kappa shape index (κ2) is 9.52. The molecule has 0 spiro atoms. The Labute approximate surface area is 182 Å². The van der Waals surface area contributed by atoms with Crippen LogP contribution in [0.5, 0.6) is 5.75 Å². The molecule has 4 rings (SSSR count). The molecule has 0 radical (unpaired) electrons. The summed E-state index contributed by atoms with van der Waals surface area (Å²) in [6, 6.07) is 22.0. The third kappa shape index (κ3) is 5.14. The molecule has 1 heterocycles. The second-order valence-electron chi connectivity index (χ2n) is 6.68. The normalized spacial score (nSPS) is 10.5. The fourth-order valence-electron chi connectivity index (χ4n) is 2.79. The predicted octanol–water partition coefficient (Wildman–Crippen LogP) is 4.58. The van der Waals surface area contributed by atoms with Gasteiger partial charge in [-0.05, 0) is 42.0 Å². The minimum Gasteiger partial charge on any atom is -0.489 e. The first kappa shape index (κ1) is 20.7. The molecule has 0 bridgehead atoms. The van der Waals surface area contributed by atoms with Crippen molar-refractivity contribution >= 4 is 11.7 Å². The number of rotatable bonds is 8. The number of carbonyl (C=O) groups is 1. The number of benzene rings is 3. The van der Waals surface area contributed by atoms with E-state index in [1.807, 2.05) is 30.3 Å². The lowest BCUT2D eigenvalue weighted by molar-refractivity contribution is -0.384. The van der Waals surface area contributed by atoms with Crippen LogP contribution in [0.4, 0.5) is 5.69 Å². The van der Waals surface area contributed by atoms with Crippen LogP contribution in [0.25, 0.3) is 11.5 Å². The van der Waals surface area contributed by atoms with E-state index in [1.165, 1.54) is 24.3 Å². The fraction of sp³-hybridized carbons (Fsp3) is 0.0870. The van der Waals surface area contributed by atoms with Gasteiger partial charge in [-0.25, -0.2) is 4.79 Å². The van der Waals surface area contributed by atoms with Crippen molar-refractivity contribution in [3.05, 3.63) is 106 Å². The van der Waals surface area contributed by atoms with Gasteiger partial charge in [0.05, 0.1) is 10.5 Å². The highest BCUT2D eigenvalue weighted by molar-refractivity contribution is 5.89. The Kier molecular flexibility index (Phi) is 6.17. The molecule has 32 heavy (non-hydrogen) atoms. The average Bonchev–Trinajstić information content (AvgIpc) is 3.31. The number of hydrogen-bond donors (Lipinski definition) is 0. The van der Waals surface area contributed by atoms with Crippen LogP contribution in [0, 0.1) is 10.1 Å². The molecule has 0 saturated carbocycles. The Hall–Kier alpha value is -4.53. The molecule has 0 aliphatic heterocycles. The average molecular weight is 431 g/mol. The van der Waals surface area contributed by atoms with Crippen LogP contribution >= 0.6 is 0 Å². The Bertz CT molecular complexity index is 1200. The summed E-state index contributed by atoms with van der Waals surface area (Å²) >= 11 is 0. The summed E-state index contributed by atoms with van der Waals surface area (Å²) in [5.41, 5.74) is 1.88. The van der Waals surface area contributed by atoms with Crippen LogP contribution in [0.15, 0.2) is 83.3 Å². The molecular weight excluding hydrogens is 414 g/mol. The van der Waals surface area contributed by atoms with Crippen LogP contribution in [0.1, 0.15) is 21.8 Å². The van der Waals surface area contributed by atoms with Crippen molar-refractivity contribution in [3.63, 3.8) is 0 Å². The summed E-state index contributed by atoms with van der Waals surface area (Å²) in [6.07, 6.45) is 0. The van der Waals surface area contributed by atoms with E-state index in [0.717, 1.165) is 5.56 Å². The molecule has 9 nitrogen and oxygen atoms in total. The summed E-state index contributed by atoms with van der Waals surface area (Å²) in [5.74, 6) is 0.366. The van der Waals surface area contributed by atoms with Crippen molar-refractivity contribution in [2.45, 2.75) is 13.2 Å². The topological polar surface area (TPSA) is 118 Å². The second-order valence-corrected chi connectivity index (χ2v) is 6.68. The van der Waals surface area contributed by atoms with Crippen molar-refractivity contribution in [2.75, 3.05) is 0 Å². The van der Waals surface area contributed by atoms with Crippen molar-refractivity contribution < 1.29 is 23.6 Å². The van der Waals surface area contributed by atoms with E-state index in [4.69, 9.17) is 13.9 Å². The third-order valence-corrected chi connectivity index (χ3v) is 4.46. The van der Waals surface area contributed by atoms with Crippen molar-refractivity contribution in [2.24, 2.45) is 0 Å². The van der Waals surface area contributed by atoms with Crippen LogP contribution in [0.3, 0.4) is 0 Å². The van der Waals surface area contributed by atoms with Gasteiger partial charge in [-0.1, -0.05) is 30.3 Å². The SMILES string of the molecule is O=C(OCc1nnc(-c2ccc([N+](=O)[O-])cc2)o1)c1ccc(OCc2ccccc2)cc1. The third-order valence-electron chi connectivity index (χ3n) is 4.46. The van der Waals surface area contributed by atoms with E-state index < -0.39 is 10.9 Å². The quantitative estimate of drug-likeness (QED) is 0.226. The van der Waals surface area contributed by atoms with Crippen LogP contribution in [0.2, 0.25) is 0 Å². The fourth-order valence-corrected chi connectivity index (χ4v) is 2.79. The van der Waals surface area contributed by atoms with Crippen molar-refractivity contribution in [1.29, 1.82) is 0 Å². The largest absolute Gasteiger partial charge is 0.489 e. The highest BCUT2D eigenvalue weighted by Crippen LogP contribution is 2.22. The number of carbonyl (C=O) groups excluding carboxylic acids is 1. The molecule has 0 unspecified atom stereocenters. The van der Waals surface area contributed by atoms with Gasteiger partial charge in [-0.2, -0.15) is 0 Å². The Morgan fingerprint density at radius 3 is 2.31 bits per heavy atom. The van der Waals surface area contributed by atoms with E-state index in [2.05, 4.69) is 10.2 Å². The van der Waals surface area contributed by atoms with Crippen LogP contribution < -0.4 is 4.74 Å². The van der Waals surface area contributed by atoms with Gasteiger partial charge in [0.2, 0.25) is 5.89 Å². The van der Waals surface area contributed by atoms with Crippen LogP contribution in [-0.2, 0) is 18.0 Å².